The quantitative estimate of drug-likeness (QED) is 0.650. The van der Waals surface area contributed by atoms with E-state index in [9.17, 15) is 9.59 Å². The number of hydrogen-bond acceptors (Lipinski definition) is 6. The largest absolute Gasteiger partial charge is 0.360 e. The first-order chi connectivity index (χ1) is 12.5. The Balaban J connectivity index is 1.72. The number of aryl methyl sites for hydroxylation is 1. The van der Waals surface area contributed by atoms with Crippen molar-refractivity contribution in [1.29, 1.82) is 0 Å². The smallest absolute Gasteiger partial charge is 0.257 e. The minimum absolute atomic E-state index is 0.181. The van der Waals surface area contributed by atoms with Crippen LogP contribution in [0.25, 0.3) is 0 Å². The summed E-state index contributed by atoms with van der Waals surface area (Å²) in [7, 11) is 0. The second-order valence-corrected chi connectivity index (χ2v) is 5.63. The highest BCUT2D eigenvalue weighted by Gasteiger charge is 2.09. The van der Waals surface area contributed by atoms with Crippen molar-refractivity contribution in [2.24, 2.45) is 0 Å². The van der Waals surface area contributed by atoms with Crippen LogP contribution in [0.2, 0.25) is 0 Å². The number of aromatic nitrogens is 2. The third kappa shape index (κ3) is 4.44. The van der Waals surface area contributed by atoms with E-state index in [1.54, 1.807) is 49.5 Å². The van der Waals surface area contributed by atoms with Crippen LogP contribution in [-0.4, -0.2) is 22.0 Å². The molecular weight excluding hydrogens is 334 g/mol. The van der Waals surface area contributed by atoms with E-state index in [4.69, 9.17) is 4.52 Å². The SMILES string of the molecule is CC(=O)Nc1cccc(NC(=O)c2cncc(Nc3cc(C)on3)c2)c1. The van der Waals surface area contributed by atoms with E-state index in [2.05, 4.69) is 26.1 Å². The summed E-state index contributed by atoms with van der Waals surface area (Å²) in [4.78, 5) is 27.7. The standard InChI is InChI=1S/C18H17N5O3/c1-11-6-17(23-26-11)21-16-7-13(9-19-10-16)18(25)22-15-5-3-4-14(8-15)20-12(2)24/h3-10H,1-2H3,(H,20,24)(H,21,23)(H,22,25). The minimum Gasteiger partial charge on any atom is -0.360 e. The van der Waals surface area contributed by atoms with Crippen molar-refractivity contribution in [3.63, 3.8) is 0 Å². The zero-order valence-corrected chi connectivity index (χ0v) is 14.2. The molecule has 0 radical (unpaired) electrons. The Hall–Kier alpha value is -3.68. The van der Waals surface area contributed by atoms with Crippen molar-refractivity contribution in [2.75, 3.05) is 16.0 Å². The molecule has 0 saturated carbocycles. The molecule has 0 aliphatic rings. The zero-order chi connectivity index (χ0) is 18.5. The van der Waals surface area contributed by atoms with Gasteiger partial charge in [0.05, 0.1) is 17.4 Å². The first-order valence-corrected chi connectivity index (χ1v) is 7.84. The van der Waals surface area contributed by atoms with Gasteiger partial charge in [0.1, 0.15) is 5.76 Å². The normalized spacial score (nSPS) is 10.2. The molecule has 8 nitrogen and oxygen atoms in total. The molecule has 1 aromatic carbocycles. The van der Waals surface area contributed by atoms with Crippen molar-refractivity contribution < 1.29 is 14.1 Å². The fraction of sp³-hybridized carbons (Fsp3) is 0.111. The number of nitrogens with zero attached hydrogens (tertiary/aromatic N) is 2. The Morgan fingerprint density at radius 1 is 1.00 bits per heavy atom. The number of benzene rings is 1. The monoisotopic (exact) mass is 351 g/mol. The molecule has 3 aromatic rings. The van der Waals surface area contributed by atoms with Gasteiger partial charge in [-0.25, -0.2) is 0 Å². The molecule has 0 saturated heterocycles. The predicted octanol–water partition coefficient (Wildman–Crippen LogP) is 3.33. The fourth-order valence-corrected chi connectivity index (χ4v) is 2.29. The summed E-state index contributed by atoms with van der Waals surface area (Å²) in [5.41, 5.74) is 2.15. The van der Waals surface area contributed by atoms with E-state index < -0.39 is 0 Å². The van der Waals surface area contributed by atoms with Gasteiger partial charge in [-0.15, -0.1) is 0 Å². The topological polar surface area (TPSA) is 109 Å². The van der Waals surface area contributed by atoms with Crippen LogP contribution in [0, 0.1) is 6.92 Å². The number of pyridine rings is 1. The van der Waals surface area contributed by atoms with E-state index >= 15 is 0 Å². The molecule has 132 valence electrons. The Morgan fingerprint density at radius 2 is 1.77 bits per heavy atom. The Morgan fingerprint density at radius 3 is 2.46 bits per heavy atom. The van der Waals surface area contributed by atoms with E-state index in [1.165, 1.54) is 13.1 Å². The van der Waals surface area contributed by atoms with Gasteiger partial charge in [-0.1, -0.05) is 11.2 Å². The molecule has 2 heterocycles. The lowest BCUT2D eigenvalue weighted by Gasteiger charge is -2.09. The molecule has 0 aliphatic heterocycles. The Kier molecular flexibility index (Phi) is 4.93. The van der Waals surface area contributed by atoms with Crippen LogP contribution in [0.3, 0.4) is 0 Å². The molecule has 0 spiro atoms. The first kappa shape index (κ1) is 17.2. The molecule has 0 fully saturated rings. The van der Waals surface area contributed by atoms with Crippen LogP contribution in [0.4, 0.5) is 22.9 Å². The summed E-state index contributed by atoms with van der Waals surface area (Å²) in [6.07, 6.45) is 3.05. The van der Waals surface area contributed by atoms with Crippen LogP contribution in [-0.2, 0) is 4.79 Å². The van der Waals surface area contributed by atoms with Crippen LogP contribution in [0.15, 0.2) is 53.3 Å². The van der Waals surface area contributed by atoms with E-state index in [1.807, 2.05) is 0 Å². The third-order valence-corrected chi connectivity index (χ3v) is 3.34. The zero-order valence-electron chi connectivity index (χ0n) is 14.2. The van der Waals surface area contributed by atoms with E-state index in [-0.39, 0.29) is 11.8 Å². The summed E-state index contributed by atoms with van der Waals surface area (Å²) < 4.78 is 4.99. The molecule has 0 atom stereocenters. The predicted molar refractivity (Wildman–Crippen MR) is 97.5 cm³/mol. The van der Waals surface area contributed by atoms with Gasteiger partial charge >= 0.3 is 0 Å². The van der Waals surface area contributed by atoms with Crippen molar-refractivity contribution in [3.8, 4) is 0 Å². The lowest BCUT2D eigenvalue weighted by Crippen LogP contribution is -2.13. The van der Waals surface area contributed by atoms with Gasteiger partial charge in [0.15, 0.2) is 5.82 Å². The molecule has 8 heteroatoms. The lowest BCUT2D eigenvalue weighted by atomic mass is 10.2. The van der Waals surface area contributed by atoms with Gasteiger partial charge in [-0.3, -0.25) is 14.6 Å². The van der Waals surface area contributed by atoms with Gasteiger partial charge in [0, 0.05) is 30.6 Å². The van der Waals surface area contributed by atoms with Gasteiger partial charge in [0.25, 0.3) is 5.91 Å². The minimum atomic E-state index is -0.322. The van der Waals surface area contributed by atoms with Crippen LogP contribution >= 0.6 is 0 Å². The summed E-state index contributed by atoms with van der Waals surface area (Å²) in [6.45, 7) is 3.21. The van der Waals surface area contributed by atoms with Gasteiger partial charge in [-0.2, -0.15) is 0 Å². The molecule has 2 amide bonds. The van der Waals surface area contributed by atoms with E-state index in [0.717, 1.165) is 0 Å². The molecule has 2 aromatic heterocycles. The molecule has 3 N–H and O–H groups in total. The summed E-state index contributed by atoms with van der Waals surface area (Å²) >= 11 is 0. The number of nitrogens with one attached hydrogen (secondary N) is 3. The number of hydrogen-bond donors (Lipinski definition) is 3. The summed E-state index contributed by atoms with van der Waals surface area (Å²) in [5.74, 6) is 0.704. The summed E-state index contributed by atoms with van der Waals surface area (Å²) in [5, 5.41) is 12.3. The van der Waals surface area contributed by atoms with Gasteiger partial charge < -0.3 is 20.5 Å². The highest BCUT2D eigenvalue weighted by atomic mass is 16.5. The van der Waals surface area contributed by atoms with Crippen LogP contribution in [0.5, 0.6) is 0 Å². The third-order valence-electron chi connectivity index (χ3n) is 3.34. The molecular formula is C18H17N5O3. The Labute approximate surface area is 149 Å². The number of amides is 2. The van der Waals surface area contributed by atoms with Crippen molar-refractivity contribution in [2.45, 2.75) is 13.8 Å². The second-order valence-electron chi connectivity index (χ2n) is 5.63. The molecule has 0 aliphatic carbocycles. The molecule has 0 unspecified atom stereocenters. The maximum atomic E-state index is 12.5. The van der Waals surface area contributed by atoms with Crippen molar-refractivity contribution in [1.82, 2.24) is 10.1 Å². The highest BCUT2D eigenvalue weighted by Crippen LogP contribution is 2.19. The average Bonchev–Trinajstić information content (AvgIpc) is 2.99. The number of rotatable bonds is 5. The van der Waals surface area contributed by atoms with Gasteiger partial charge in [0.2, 0.25) is 5.91 Å². The summed E-state index contributed by atoms with van der Waals surface area (Å²) in [6, 6.07) is 10.3. The maximum absolute atomic E-state index is 12.5. The van der Waals surface area contributed by atoms with Crippen molar-refractivity contribution in [3.05, 3.63) is 60.1 Å². The molecule has 26 heavy (non-hydrogen) atoms. The average molecular weight is 351 g/mol. The van der Waals surface area contributed by atoms with Crippen LogP contribution in [0.1, 0.15) is 23.0 Å². The fourth-order valence-electron chi connectivity index (χ4n) is 2.29. The first-order valence-electron chi connectivity index (χ1n) is 7.84. The van der Waals surface area contributed by atoms with Crippen molar-refractivity contribution >= 4 is 34.7 Å². The maximum Gasteiger partial charge on any atom is 0.257 e. The second kappa shape index (κ2) is 7.47. The number of carbonyl (C=O) groups is 2. The number of anilines is 4. The molecule has 3 rings (SSSR count). The molecule has 0 bridgehead atoms. The highest BCUT2D eigenvalue weighted by molar-refractivity contribution is 6.05. The number of carbonyl (C=O) groups excluding carboxylic acids is 2. The van der Waals surface area contributed by atoms with Gasteiger partial charge in [-0.05, 0) is 31.2 Å². The van der Waals surface area contributed by atoms with Crippen LogP contribution < -0.4 is 16.0 Å². The lowest BCUT2D eigenvalue weighted by molar-refractivity contribution is -0.114. The van der Waals surface area contributed by atoms with E-state index in [0.29, 0.717) is 34.2 Å². The Bertz CT molecular complexity index is 951.